The Hall–Kier alpha value is -1.84. The molecule has 0 aliphatic heterocycles. The molecule has 2 amide bonds. The highest BCUT2D eigenvalue weighted by atomic mass is 16.2. The molecule has 0 saturated heterocycles. The maximum absolute atomic E-state index is 11.8. The second kappa shape index (κ2) is 6.55. The van der Waals surface area contributed by atoms with Gasteiger partial charge >= 0.3 is 0 Å². The second-order valence-electron chi connectivity index (χ2n) is 5.39. The molecule has 1 aliphatic rings. The molecule has 4 heteroatoms. The summed E-state index contributed by atoms with van der Waals surface area (Å²) in [6.45, 7) is 4.01. The second-order valence-corrected chi connectivity index (χ2v) is 5.39. The molecule has 1 saturated carbocycles. The van der Waals surface area contributed by atoms with Gasteiger partial charge in [-0.25, -0.2) is 0 Å². The van der Waals surface area contributed by atoms with E-state index in [1.807, 2.05) is 37.3 Å². The molecule has 20 heavy (non-hydrogen) atoms. The largest absolute Gasteiger partial charge is 0.353 e. The molecule has 0 spiro atoms. The van der Waals surface area contributed by atoms with Crippen LogP contribution in [0.3, 0.4) is 0 Å². The molecule has 0 radical (unpaired) electrons. The van der Waals surface area contributed by atoms with Crippen molar-refractivity contribution in [3.05, 3.63) is 35.9 Å². The van der Waals surface area contributed by atoms with Crippen LogP contribution in [0.1, 0.15) is 44.7 Å². The van der Waals surface area contributed by atoms with Crippen molar-refractivity contribution in [1.29, 1.82) is 0 Å². The molecule has 2 rings (SSSR count). The number of nitrogens with one attached hydrogen (secondary N) is 1. The fourth-order valence-corrected chi connectivity index (χ4v) is 2.28. The van der Waals surface area contributed by atoms with Crippen LogP contribution in [0.2, 0.25) is 0 Å². The first-order valence-electron chi connectivity index (χ1n) is 7.19. The third-order valence-corrected chi connectivity index (χ3v) is 3.68. The molecular formula is C16H22N2O2. The number of rotatable bonds is 6. The van der Waals surface area contributed by atoms with Gasteiger partial charge in [0.15, 0.2) is 0 Å². The fourth-order valence-electron chi connectivity index (χ4n) is 2.28. The van der Waals surface area contributed by atoms with E-state index >= 15 is 0 Å². The van der Waals surface area contributed by atoms with Gasteiger partial charge in [0.25, 0.3) is 0 Å². The molecule has 4 nitrogen and oxygen atoms in total. The van der Waals surface area contributed by atoms with Gasteiger partial charge in [0, 0.05) is 25.9 Å². The van der Waals surface area contributed by atoms with Gasteiger partial charge in [-0.2, -0.15) is 0 Å². The molecule has 0 aromatic heterocycles. The van der Waals surface area contributed by atoms with Crippen LogP contribution in [-0.2, 0) is 9.59 Å². The maximum atomic E-state index is 11.8. The molecule has 1 unspecified atom stereocenters. The van der Waals surface area contributed by atoms with Crippen LogP contribution in [0.25, 0.3) is 0 Å². The molecule has 1 aliphatic carbocycles. The highest BCUT2D eigenvalue weighted by Crippen LogP contribution is 2.21. The van der Waals surface area contributed by atoms with E-state index in [0.29, 0.717) is 19.0 Å². The Morgan fingerprint density at radius 3 is 2.50 bits per heavy atom. The first-order valence-corrected chi connectivity index (χ1v) is 7.19. The number of hydrogen-bond donors (Lipinski definition) is 1. The molecule has 1 aromatic carbocycles. The molecular weight excluding hydrogens is 252 g/mol. The van der Waals surface area contributed by atoms with Crippen molar-refractivity contribution in [3.8, 4) is 0 Å². The number of benzene rings is 1. The van der Waals surface area contributed by atoms with E-state index in [4.69, 9.17) is 0 Å². The number of hydrogen-bond acceptors (Lipinski definition) is 2. The summed E-state index contributed by atoms with van der Waals surface area (Å²) < 4.78 is 0. The minimum absolute atomic E-state index is 0.000532. The number of nitrogens with zero attached hydrogens (tertiary/aromatic N) is 1. The lowest BCUT2D eigenvalue weighted by Crippen LogP contribution is -2.36. The normalized spacial score (nSPS) is 15.5. The van der Waals surface area contributed by atoms with Gasteiger partial charge in [-0.15, -0.1) is 0 Å². The van der Waals surface area contributed by atoms with Crippen molar-refractivity contribution in [3.63, 3.8) is 0 Å². The quantitative estimate of drug-likeness (QED) is 0.865. The van der Waals surface area contributed by atoms with Gasteiger partial charge in [-0.1, -0.05) is 30.3 Å². The smallest absolute Gasteiger partial charge is 0.221 e. The lowest BCUT2D eigenvalue weighted by atomic mass is 10.1. The average Bonchev–Trinajstić information content (AvgIpc) is 3.23. The molecule has 1 atom stereocenters. The summed E-state index contributed by atoms with van der Waals surface area (Å²) in [5.74, 6) is 0.0413. The molecule has 1 fully saturated rings. The van der Waals surface area contributed by atoms with Crippen LogP contribution in [0.15, 0.2) is 30.3 Å². The van der Waals surface area contributed by atoms with Gasteiger partial charge in [0.1, 0.15) is 0 Å². The van der Waals surface area contributed by atoms with Crippen molar-refractivity contribution < 1.29 is 9.59 Å². The van der Waals surface area contributed by atoms with E-state index in [0.717, 1.165) is 18.4 Å². The minimum atomic E-state index is -0.0116. The Kier molecular flexibility index (Phi) is 4.77. The molecule has 108 valence electrons. The highest BCUT2D eigenvalue weighted by Gasteiger charge is 2.24. The Morgan fingerprint density at radius 1 is 1.30 bits per heavy atom. The zero-order valence-corrected chi connectivity index (χ0v) is 12.1. The van der Waals surface area contributed by atoms with E-state index in [1.54, 1.807) is 11.8 Å². The lowest BCUT2D eigenvalue weighted by molar-refractivity contribution is -0.131. The molecule has 1 aromatic rings. The van der Waals surface area contributed by atoms with E-state index in [2.05, 4.69) is 5.32 Å². The zero-order valence-electron chi connectivity index (χ0n) is 12.1. The number of amides is 2. The Balaban J connectivity index is 1.92. The average molecular weight is 274 g/mol. The highest BCUT2D eigenvalue weighted by molar-refractivity contribution is 5.78. The van der Waals surface area contributed by atoms with Crippen LogP contribution in [0.4, 0.5) is 0 Å². The third-order valence-electron chi connectivity index (χ3n) is 3.68. The Labute approximate surface area is 120 Å². The van der Waals surface area contributed by atoms with E-state index < -0.39 is 0 Å². The summed E-state index contributed by atoms with van der Waals surface area (Å²) >= 11 is 0. The fraction of sp³-hybridized carbons (Fsp3) is 0.500. The van der Waals surface area contributed by atoms with E-state index in [1.165, 1.54) is 0 Å². The summed E-state index contributed by atoms with van der Waals surface area (Å²) in [7, 11) is 0. The summed E-state index contributed by atoms with van der Waals surface area (Å²) in [6, 6.07) is 10.3. The first kappa shape index (κ1) is 14.6. The third kappa shape index (κ3) is 4.08. The van der Waals surface area contributed by atoms with Crippen molar-refractivity contribution in [1.82, 2.24) is 10.2 Å². The standard InChI is InChI=1S/C16H22N2O2/c1-12(14-6-4-3-5-7-14)18(13(2)19)11-10-16(20)17-15-8-9-15/h3-7,12,15H,8-11H2,1-2H3,(H,17,20). The summed E-state index contributed by atoms with van der Waals surface area (Å²) in [5, 5.41) is 2.95. The first-order chi connectivity index (χ1) is 9.58. The lowest BCUT2D eigenvalue weighted by Gasteiger charge is -2.28. The van der Waals surface area contributed by atoms with Crippen molar-refractivity contribution in [2.24, 2.45) is 0 Å². The van der Waals surface area contributed by atoms with Gasteiger partial charge in [0.2, 0.25) is 11.8 Å². The van der Waals surface area contributed by atoms with Crippen LogP contribution < -0.4 is 5.32 Å². The summed E-state index contributed by atoms with van der Waals surface area (Å²) in [6.07, 6.45) is 2.54. The van der Waals surface area contributed by atoms with Crippen molar-refractivity contribution >= 4 is 11.8 Å². The summed E-state index contributed by atoms with van der Waals surface area (Å²) in [4.78, 5) is 25.3. The van der Waals surface area contributed by atoms with Crippen LogP contribution >= 0.6 is 0 Å². The zero-order chi connectivity index (χ0) is 14.5. The van der Waals surface area contributed by atoms with Gasteiger partial charge in [-0.05, 0) is 25.3 Å². The van der Waals surface area contributed by atoms with Gasteiger partial charge in [-0.3, -0.25) is 9.59 Å². The molecule has 1 N–H and O–H groups in total. The van der Waals surface area contributed by atoms with Crippen LogP contribution in [0, 0.1) is 0 Å². The van der Waals surface area contributed by atoms with Crippen LogP contribution in [-0.4, -0.2) is 29.3 Å². The topological polar surface area (TPSA) is 49.4 Å². The van der Waals surface area contributed by atoms with E-state index in [9.17, 15) is 9.59 Å². The van der Waals surface area contributed by atoms with Crippen LogP contribution in [0.5, 0.6) is 0 Å². The maximum Gasteiger partial charge on any atom is 0.221 e. The molecule has 0 heterocycles. The van der Waals surface area contributed by atoms with Crippen molar-refractivity contribution in [2.45, 2.75) is 45.2 Å². The molecule has 0 bridgehead atoms. The number of carbonyl (C=O) groups excluding carboxylic acids is 2. The predicted octanol–water partition coefficient (Wildman–Crippen LogP) is 2.26. The summed E-state index contributed by atoms with van der Waals surface area (Å²) in [5.41, 5.74) is 1.09. The number of carbonyl (C=O) groups is 2. The van der Waals surface area contributed by atoms with Gasteiger partial charge < -0.3 is 10.2 Å². The minimum Gasteiger partial charge on any atom is -0.353 e. The predicted molar refractivity (Wildman–Crippen MR) is 78.0 cm³/mol. The van der Waals surface area contributed by atoms with E-state index in [-0.39, 0.29) is 17.9 Å². The Morgan fingerprint density at radius 2 is 1.95 bits per heavy atom. The SMILES string of the molecule is CC(=O)N(CCC(=O)NC1CC1)C(C)c1ccccc1. The monoisotopic (exact) mass is 274 g/mol. The van der Waals surface area contributed by atoms with Crippen molar-refractivity contribution in [2.75, 3.05) is 6.54 Å². The van der Waals surface area contributed by atoms with Gasteiger partial charge in [0.05, 0.1) is 6.04 Å². The Bertz CT molecular complexity index is 469.